The number of halogens is 4. The normalized spacial score (nSPS) is 10.4. The van der Waals surface area contributed by atoms with Crippen molar-refractivity contribution in [2.45, 2.75) is 6.61 Å². The molecular weight excluding hydrogens is 372 g/mol. The van der Waals surface area contributed by atoms with Crippen molar-refractivity contribution in [2.24, 2.45) is 0 Å². The van der Waals surface area contributed by atoms with E-state index in [1.165, 1.54) is 0 Å². The molecule has 0 bridgehead atoms. The van der Waals surface area contributed by atoms with E-state index in [9.17, 15) is 8.78 Å². The number of aromatic nitrogens is 1. The molecule has 18 heavy (non-hydrogen) atoms. The standard InChI is InChI=1S/C12H7Br2F2NO/c13-7-1-2-9(17-5-7)6-18-12-10(14)3-8(15)4-11(12)16/h1-5H,6H2. The van der Waals surface area contributed by atoms with Gasteiger partial charge in [-0.25, -0.2) is 8.78 Å². The zero-order valence-corrected chi connectivity index (χ0v) is 12.1. The predicted molar refractivity (Wildman–Crippen MR) is 70.3 cm³/mol. The number of hydrogen-bond acceptors (Lipinski definition) is 2. The molecule has 2 rings (SSSR count). The maximum Gasteiger partial charge on any atom is 0.169 e. The van der Waals surface area contributed by atoms with Crippen molar-refractivity contribution in [2.75, 3.05) is 0 Å². The summed E-state index contributed by atoms with van der Waals surface area (Å²) in [6.07, 6.45) is 1.62. The van der Waals surface area contributed by atoms with Gasteiger partial charge >= 0.3 is 0 Å². The van der Waals surface area contributed by atoms with E-state index in [1.54, 1.807) is 12.3 Å². The zero-order chi connectivity index (χ0) is 13.1. The summed E-state index contributed by atoms with van der Waals surface area (Å²) < 4.78 is 32.7. The van der Waals surface area contributed by atoms with Gasteiger partial charge in [0, 0.05) is 16.7 Å². The smallest absolute Gasteiger partial charge is 0.169 e. The van der Waals surface area contributed by atoms with Gasteiger partial charge in [0.15, 0.2) is 11.6 Å². The first-order valence-corrected chi connectivity index (χ1v) is 6.52. The lowest BCUT2D eigenvalue weighted by Gasteiger charge is -2.09. The first-order valence-electron chi connectivity index (χ1n) is 4.94. The highest BCUT2D eigenvalue weighted by Crippen LogP contribution is 2.29. The summed E-state index contributed by atoms with van der Waals surface area (Å²) in [5.74, 6) is -1.44. The maximum atomic E-state index is 13.5. The van der Waals surface area contributed by atoms with Crippen molar-refractivity contribution in [3.05, 3.63) is 56.7 Å². The zero-order valence-electron chi connectivity index (χ0n) is 8.96. The topological polar surface area (TPSA) is 22.1 Å². The minimum atomic E-state index is -0.751. The van der Waals surface area contributed by atoms with Crippen LogP contribution in [-0.4, -0.2) is 4.98 Å². The molecule has 0 atom stereocenters. The Morgan fingerprint density at radius 2 is 1.94 bits per heavy atom. The van der Waals surface area contributed by atoms with Gasteiger partial charge in [0.1, 0.15) is 12.4 Å². The molecule has 94 valence electrons. The largest absolute Gasteiger partial charge is 0.483 e. The molecule has 0 saturated heterocycles. The van der Waals surface area contributed by atoms with Crippen LogP contribution >= 0.6 is 31.9 Å². The number of ether oxygens (including phenoxy) is 1. The Morgan fingerprint density at radius 3 is 2.56 bits per heavy atom. The first kappa shape index (κ1) is 13.4. The van der Waals surface area contributed by atoms with E-state index < -0.39 is 11.6 Å². The third-order valence-corrected chi connectivity index (χ3v) is 3.17. The van der Waals surface area contributed by atoms with E-state index in [-0.39, 0.29) is 16.8 Å². The van der Waals surface area contributed by atoms with Gasteiger partial charge in [0.05, 0.1) is 10.2 Å². The summed E-state index contributed by atoms with van der Waals surface area (Å²) in [4.78, 5) is 4.09. The lowest BCUT2D eigenvalue weighted by Crippen LogP contribution is -2.00. The number of rotatable bonds is 3. The summed E-state index contributed by atoms with van der Waals surface area (Å²) in [6.45, 7) is 0.106. The number of pyridine rings is 1. The van der Waals surface area contributed by atoms with Crippen LogP contribution in [0.25, 0.3) is 0 Å². The molecule has 0 aliphatic carbocycles. The van der Waals surface area contributed by atoms with Crippen LogP contribution in [0.1, 0.15) is 5.69 Å². The van der Waals surface area contributed by atoms with Crippen molar-refractivity contribution >= 4 is 31.9 Å². The van der Waals surface area contributed by atoms with Crippen LogP contribution in [-0.2, 0) is 6.61 Å². The van der Waals surface area contributed by atoms with Crippen LogP contribution in [0, 0.1) is 11.6 Å². The third kappa shape index (κ3) is 3.26. The molecule has 1 aromatic heterocycles. The second kappa shape index (κ2) is 5.75. The molecule has 0 aliphatic heterocycles. The van der Waals surface area contributed by atoms with Crippen LogP contribution in [0.2, 0.25) is 0 Å². The molecule has 1 aromatic carbocycles. The van der Waals surface area contributed by atoms with Crippen molar-refractivity contribution in [3.63, 3.8) is 0 Å². The van der Waals surface area contributed by atoms with Gasteiger partial charge in [-0.2, -0.15) is 0 Å². The van der Waals surface area contributed by atoms with Crippen LogP contribution in [0.4, 0.5) is 8.78 Å². The van der Waals surface area contributed by atoms with Crippen LogP contribution in [0.15, 0.2) is 39.4 Å². The highest BCUT2D eigenvalue weighted by atomic mass is 79.9. The summed E-state index contributed by atoms with van der Waals surface area (Å²) >= 11 is 6.31. The summed E-state index contributed by atoms with van der Waals surface area (Å²) in [5, 5.41) is 0. The predicted octanol–water partition coefficient (Wildman–Crippen LogP) is 4.46. The minimum Gasteiger partial charge on any atom is -0.483 e. The molecule has 1 heterocycles. The Bertz CT molecular complexity index is 537. The van der Waals surface area contributed by atoms with Gasteiger partial charge in [0.25, 0.3) is 0 Å². The number of benzene rings is 1. The molecule has 0 unspecified atom stereocenters. The fourth-order valence-corrected chi connectivity index (χ4v) is 2.06. The van der Waals surface area contributed by atoms with Crippen molar-refractivity contribution in [3.8, 4) is 5.75 Å². The third-order valence-electron chi connectivity index (χ3n) is 2.12. The quantitative estimate of drug-likeness (QED) is 0.786. The van der Waals surface area contributed by atoms with Crippen LogP contribution in [0.5, 0.6) is 5.75 Å². The monoisotopic (exact) mass is 377 g/mol. The minimum absolute atomic E-state index is 0.0267. The summed E-state index contributed by atoms with van der Waals surface area (Å²) in [7, 11) is 0. The van der Waals surface area contributed by atoms with Crippen LogP contribution in [0.3, 0.4) is 0 Å². The Morgan fingerprint density at radius 1 is 1.17 bits per heavy atom. The molecule has 6 heteroatoms. The number of nitrogens with zero attached hydrogens (tertiary/aromatic N) is 1. The molecule has 0 amide bonds. The van der Waals surface area contributed by atoms with E-state index in [0.717, 1.165) is 16.6 Å². The molecule has 0 saturated carbocycles. The molecule has 0 N–H and O–H groups in total. The molecule has 0 fully saturated rings. The fraction of sp³-hybridized carbons (Fsp3) is 0.0833. The van der Waals surface area contributed by atoms with E-state index in [0.29, 0.717) is 5.69 Å². The average molecular weight is 379 g/mol. The Balaban J connectivity index is 2.13. The molecular formula is C12H7Br2F2NO. The number of hydrogen-bond donors (Lipinski definition) is 0. The van der Waals surface area contributed by atoms with Gasteiger partial charge in [-0.15, -0.1) is 0 Å². The van der Waals surface area contributed by atoms with Crippen molar-refractivity contribution in [1.82, 2.24) is 4.98 Å². The highest BCUT2D eigenvalue weighted by Gasteiger charge is 2.11. The van der Waals surface area contributed by atoms with Crippen molar-refractivity contribution in [1.29, 1.82) is 0 Å². The Kier molecular flexibility index (Phi) is 4.29. The fourth-order valence-electron chi connectivity index (χ4n) is 1.30. The average Bonchev–Trinajstić information content (AvgIpc) is 2.30. The lowest BCUT2D eigenvalue weighted by molar-refractivity contribution is 0.283. The lowest BCUT2D eigenvalue weighted by atomic mass is 10.3. The molecule has 0 radical (unpaired) electrons. The van der Waals surface area contributed by atoms with Gasteiger partial charge in [-0.1, -0.05) is 0 Å². The van der Waals surface area contributed by atoms with E-state index in [4.69, 9.17) is 4.74 Å². The Labute approximate surface area is 119 Å². The second-order valence-electron chi connectivity index (χ2n) is 3.45. The van der Waals surface area contributed by atoms with Crippen molar-refractivity contribution < 1.29 is 13.5 Å². The molecule has 2 aromatic rings. The first-order chi connectivity index (χ1) is 8.56. The van der Waals surface area contributed by atoms with Gasteiger partial charge in [-0.3, -0.25) is 4.98 Å². The molecule has 2 nitrogen and oxygen atoms in total. The van der Waals surface area contributed by atoms with Gasteiger partial charge in [-0.05, 0) is 50.1 Å². The Hall–Kier alpha value is -1.01. The highest BCUT2D eigenvalue weighted by molar-refractivity contribution is 9.10. The van der Waals surface area contributed by atoms with Gasteiger partial charge in [0.2, 0.25) is 0 Å². The van der Waals surface area contributed by atoms with Gasteiger partial charge < -0.3 is 4.74 Å². The molecule has 0 aliphatic rings. The SMILES string of the molecule is Fc1cc(F)c(OCc2ccc(Br)cn2)c(Br)c1. The van der Waals surface area contributed by atoms with E-state index in [1.807, 2.05) is 6.07 Å². The van der Waals surface area contributed by atoms with E-state index in [2.05, 4.69) is 36.8 Å². The van der Waals surface area contributed by atoms with E-state index >= 15 is 0 Å². The molecule has 0 spiro atoms. The summed E-state index contributed by atoms with van der Waals surface area (Å²) in [6, 6.07) is 5.48. The maximum absolute atomic E-state index is 13.5. The summed E-state index contributed by atoms with van der Waals surface area (Å²) in [5.41, 5.74) is 0.647. The second-order valence-corrected chi connectivity index (χ2v) is 5.23. The van der Waals surface area contributed by atoms with Crippen LogP contribution < -0.4 is 4.74 Å².